The number of hydrogen-bond donors (Lipinski definition) is 3. The van der Waals surface area contributed by atoms with Crippen molar-refractivity contribution in [1.29, 1.82) is 0 Å². The first-order valence-electron chi connectivity index (χ1n) is 14.0. The summed E-state index contributed by atoms with van der Waals surface area (Å²) >= 11 is 0. The second kappa shape index (κ2) is 12.6. The van der Waals surface area contributed by atoms with Gasteiger partial charge in [0.1, 0.15) is 23.4 Å². The van der Waals surface area contributed by atoms with Crippen molar-refractivity contribution >= 4 is 34.4 Å². The largest absolute Gasteiger partial charge is 0.508 e. The monoisotopic (exact) mass is 561 g/mol. The maximum Gasteiger partial charge on any atom is 0.408 e. The molecule has 8 heteroatoms. The number of phenolic OH excluding ortho intramolecular Hbond substituents is 1. The zero-order chi connectivity index (χ0) is 30.5. The van der Waals surface area contributed by atoms with E-state index >= 15 is 0 Å². The number of amides is 3. The molecule has 0 saturated carbocycles. The predicted octanol–water partition coefficient (Wildman–Crippen LogP) is 6.79. The van der Waals surface area contributed by atoms with E-state index in [1.807, 2.05) is 77.1 Å². The van der Waals surface area contributed by atoms with Gasteiger partial charge in [0.15, 0.2) is 0 Å². The third-order valence-corrected chi connectivity index (χ3v) is 7.07. The molecule has 3 rings (SSSR count). The van der Waals surface area contributed by atoms with Crippen molar-refractivity contribution in [3.63, 3.8) is 0 Å². The summed E-state index contributed by atoms with van der Waals surface area (Å²) in [6.07, 6.45) is -0.192. The number of carbonyl (C=O) groups excluding carboxylic acids is 3. The van der Waals surface area contributed by atoms with Gasteiger partial charge in [-0.15, -0.1) is 0 Å². The van der Waals surface area contributed by atoms with Gasteiger partial charge in [0.05, 0.1) is 0 Å². The molecule has 0 heterocycles. The van der Waals surface area contributed by atoms with Crippen LogP contribution in [0, 0.1) is 5.92 Å². The Balaban J connectivity index is 2.10. The van der Waals surface area contributed by atoms with Crippen LogP contribution in [0.3, 0.4) is 0 Å². The van der Waals surface area contributed by atoms with Gasteiger partial charge < -0.3 is 25.4 Å². The molecule has 0 radical (unpaired) electrons. The van der Waals surface area contributed by atoms with E-state index in [9.17, 15) is 19.5 Å². The first-order valence-corrected chi connectivity index (χ1v) is 14.0. The number of alkyl carbamates (subject to hydrolysis) is 1. The SMILES string of the molecule is CCC(C)(C)N(C(=O)C(NC(=O)OC(C)(C)C)C(C)C)C(C(=O)Nc1ccc2ccccc2c1)c1cccc(O)c1. The highest BCUT2D eigenvalue weighted by atomic mass is 16.6. The highest BCUT2D eigenvalue weighted by Gasteiger charge is 2.44. The maximum absolute atomic E-state index is 14.4. The molecule has 0 aliphatic heterocycles. The summed E-state index contributed by atoms with van der Waals surface area (Å²) in [4.78, 5) is 42.9. The first-order chi connectivity index (χ1) is 19.1. The molecule has 2 unspecified atom stereocenters. The number of hydrogen-bond acceptors (Lipinski definition) is 5. The van der Waals surface area contributed by atoms with Gasteiger partial charge in [-0.3, -0.25) is 9.59 Å². The van der Waals surface area contributed by atoms with E-state index in [1.165, 1.54) is 17.0 Å². The number of phenols is 1. The van der Waals surface area contributed by atoms with E-state index in [4.69, 9.17) is 4.74 Å². The van der Waals surface area contributed by atoms with Crippen molar-refractivity contribution < 1.29 is 24.2 Å². The summed E-state index contributed by atoms with van der Waals surface area (Å²) in [5.41, 5.74) is -0.539. The van der Waals surface area contributed by atoms with E-state index in [-0.39, 0.29) is 11.7 Å². The molecular formula is C33H43N3O5. The van der Waals surface area contributed by atoms with E-state index in [1.54, 1.807) is 32.9 Å². The van der Waals surface area contributed by atoms with Gasteiger partial charge in [-0.1, -0.05) is 63.2 Å². The second-order valence-corrected chi connectivity index (χ2v) is 12.3. The molecule has 41 heavy (non-hydrogen) atoms. The quantitative estimate of drug-likeness (QED) is 0.267. The van der Waals surface area contributed by atoms with Crippen LogP contribution in [-0.4, -0.2) is 45.1 Å². The molecule has 0 saturated heterocycles. The van der Waals surface area contributed by atoms with E-state index in [2.05, 4.69) is 10.6 Å². The van der Waals surface area contributed by atoms with Gasteiger partial charge in [-0.25, -0.2) is 4.79 Å². The number of benzene rings is 3. The minimum atomic E-state index is -1.11. The summed E-state index contributed by atoms with van der Waals surface area (Å²) in [7, 11) is 0. The average molecular weight is 562 g/mol. The Kier molecular flexibility index (Phi) is 9.69. The summed E-state index contributed by atoms with van der Waals surface area (Å²) in [6, 6.07) is 17.7. The Bertz CT molecular complexity index is 1390. The fourth-order valence-electron chi connectivity index (χ4n) is 4.63. The van der Waals surface area contributed by atoms with Crippen LogP contribution in [0.15, 0.2) is 66.7 Å². The predicted molar refractivity (Wildman–Crippen MR) is 163 cm³/mol. The molecule has 3 aromatic carbocycles. The van der Waals surface area contributed by atoms with Crippen LogP contribution in [0.1, 0.15) is 73.4 Å². The van der Waals surface area contributed by atoms with Crippen molar-refractivity contribution in [3.8, 4) is 5.75 Å². The standard InChI is InChI=1S/C33H43N3O5/c1-9-33(7,8)36(30(39)27(21(2)3)35-31(40)41-32(4,5)6)28(24-15-12-16-26(37)20-24)29(38)34-25-18-17-22-13-10-11-14-23(22)19-25/h10-21,27-28,37H,9H2,1-8H3,(H,34,38)(H,35,40). The van der Waals surface area contributed by atoms with Crippen molar-refractivity contribution in [3.05, 3.63) is 72.3 Å². The normalized spacial score (nSPS) is 13.4. The summed E-state index contributed by atoms with van der Waals surface area (Å²) in [5.74, 6) is -1.21. The topological polar surface area (TPSA) is 108 Å². The van der Waals surface area contributed by atoms with Gasteiger partial charge in [-0.05, 0) is 87.6 Å². The number of nitrogens with zero attached hydrogens (tertiary/aromatic N) is 1. The second-order valence-electron chi connectivity index (χ2n) is 12.3. The zero-order valence-corrected chi connectivity index (χ0v) is 25.3. The van der Waals surface area contributed by atoms with Crippen LogP contribution in [0.25, 0.3) is 10.8 Å². The Morgan fingerprint density at radius 2 is 1.56 bits per heavy atom. The number of ether oxygens (including phenoxy) is 1. The summed E-state index contributed by atoms with van der Waals surface area (Å²) < 4.78 is 5.45. The van der Waals surface area contributed by atoms with Crippen molar-refractivity contribution in [2.45, 2.75) is 85.0 Å². The van der Waals surface area contributed by atoms with Gasteiger partial charge in [0.25, 0.3) is 5.91 Å². The molecular weight excluding hydrogens is 518 g/mol. The number of nitrogens with one attached hydrogen (secondary N) is 2. The van der Waals surface area contributed by atoms with Crippen LogP contribution in [0.4, 0.5) is 10.5 Å². The van der Waals surface area contributed by atoms with Crippen molar-refractivity contribution in [2.75, 3.05) is 5.32 Å². The molecule has 3 N–H and O–H groups in total. The number of fused-ring (bicyclic) bond motifs is 1. The lowest BCUT2D eigenvalue weighted by Gasteiger charge is -2.45. The fourth-order valence-corrected chi connectivity index (χ4v) is 4.63. The molecule has 0 bridgehead atoms. The molecule has 0 aliphatic rings. The van der Waals surface area contributed by atoms with Gasteiger partial charge in [-0.2, -0.15) is 0 Å². The van der Waals surface area contributed by atoms with E-state index < -0.39 is 41.1 Å². The highest BCUT2D eigenvalue weighted by Crippen LogP contribution is 2.35. The van der Waals surface area contributed by atoms with Gasteiger partial charge in [0.2, 0.25) is 5.91 Å². The fraction of sp³-hybridized carbons (Fsp3) is 0.424. The summed E-state index contributed by atoms with van der Waals surface area (Å²) in [5, 5.41) is 18.1. The maximum atomic E-state index is 14.4. The first kappa shape index (κ1) is 31.5. The zero-order valence-electron chi connectivity index (χ0n) is 25.3. The van der Waals surface area contributed by atoms with Crippen LogP contribution in [0.5, 0.6) is 5.75 Å². The van der Waals surface area contributed by atoms with Crippen molar-refractivity contribution in [1.82, 2.24) is 10.2 Å². The lowest BCUT2D eigenvalue weighted by atomic mass is 9.90. The number of anilines is 1. The molecule has 3 amide bonds. The molecule has 0 aromatic heterocycles. The molecule has 220 valence electrons. The molecule has 8 nitrogen and oxygen atoms in total. The molecule has 0 spiro atoms. The smallest absolute Gasteiger partial charge is 0.408 e. The number of carbonyl (C=O) groups is 3. The van der Waals surface area contributed by atoms with Gasteiger partial charge >= 0.3 is 6.09 Å². The third-order valence-electron chi connectivity index (χ3n) is 7.07. The Morgan fingerprint density at radius 1 is 0.902 bits per heavy atom. The summed E-state index contributed by atoms with van der Waals surface area (Å²) in [6.45, 7) is 14.6. The van der Waals surface area contributed by atoms with Gasteiger partial charge in [0, 0.05) is 11.2 Å². The molecule has 0 fully saturated rings. The minimum Gasteiger partial charge on any atom is -0.508 e. The van der Waals surface area contributed by atoms with E-state index in [0.717, 1.165) is 10.8 Å². The Labute approximate surface area is 243 Å². The number of rotatable bonds is 9. The van der Waals surface area contributed by atoms with Crippen molar-refractivity contribution in [2.24, 2.45) is 5.92 Å². The lowest BCUT2D eigenvalue weighted by Crippen LogP contribution is -2.60. The molecule has 0 aliphatic carbocycles. The van der Waals surface area contributed by atoms with E-state index in [0.29, 0.717) is 17.7 Å². The Morgan fingerprint density at radius 3 is 2.15 bits per heavy atom. The van der Waals surface area contributed by atoms with Crippen LogP contribution >= 0.6 is 0 Å². The Hall–Kier alpha value is -4.07. The average Bonchev–Trinajstić information content (AvgIpc) is 2.88. The molecule has 2 atom stereocenters. The third kappa shape index (κ3) is 7.99. The number of aromatic hydroxyl groups is 1. The lowest BCUT2D eigenvalue weighted by molar-refractivity contribution is -0.148. The van der Waals surface area contributed by atoms with Crippen LogP contribution in [0.2, 0.25) is 0 Å². The minimum absolute atomic E-state index is 0.0278. The van der Waals surface area contributed by atoms with Crippen LogP contribution in [-0.2, 0) is 14.3 Å². The highest BCUT2D eigenvalue weighted by molar-refractivity contribution is 6.00. The van der Waals surface area contributed by atoms with Crippen LogP contribution < -0.4 is 10.6 Å². The molecule has 3 aromatic rings.